The highest BCUT2D eigenvalue weighted by Gasteiger charge is 2.15. The second-order valence-corrected chi connectivity index (χ2v) is 6.73. The van der Waals surface area contributed by atoms with Crippen molar-refractivity contribution in [1.29, 1.82) is 0 Å². The number of amides is 1. The Morgan fingerprint density at radius 1 is 1.14 bits per heavy atom. The Labute approximate surface area is 160 Å². The summed E-state index contributed by atoms with van der Waals surface area (Å²) in [5.74, 6) is 0.443. The maximum absolute atomic E-state index is 12.5. The minimum Gasteiger partial charge on any atom is -0.441 e. The van der Waals surface area contributed by atoms with E-state index < -0.39 is 5.76 Å². The minimum absolute atomic E-state index is 0.0868. The van der Waals surface area contributed by atoms with E-state index in [0.29, 0.717) is 34.1 Å². The third kappa shape index (κ3) is 3.34. The standard InChI is InChI=1S/C21H19N3O4/c1-12-5-4-6-14(9-12)20-23-16(13(2)27-20)11-19(25)22-15-7-8-18-17(10-15)24(3)21(26)28-18/h4-10H,11H2,1-3H3,(H,22,25). The summed E-state index contributed by atoms with van der Waals surface area (Å²) in [4.78, 5) is 28.5. The van der Waals surface area contributed by atoms with Crippen molar-refractivity contribution in [3.05, 3.63) is 70.0 Å². The van der Waals surface area contributed by atoms with Crippen molar-refractivity contribution in [2.24, 2.45) is 7.05 Å². The van der Waals surface area contributed by atoms with E-state index in [0.717, 1.165) is 11.1 Å². The first-order valence-electron chi connectivity index (χ1n) is 8.83. The van der Waals surface area contributed by atoms with Gasteiger partial charge >= 0.3 is 5.76 Å². The van der Waals surface area contributed by atoms with Crippen LogP contribution >= 0.6 is 0 Å². The zero-order valence-corrected chi connectivity index (χ0v) is 15.8. The van der Waals surface area contributed by atoms with E-state index in [2.05, 4.69) is 10.3 Å². The third-order valence-electron chi connectivity index (χ3n) is 4.56. The number of aromatic nitrogens is 2. The van der Waals surface area contributed by atoms with Crippen LogP contribution in [-0.4, -0.2) is 15.5 Å². The van der Waals surface area contributed by atoms with Crippen molar-refractivity contribution in [3.8, 4) is 11.5 Å². The van der Waals surface area contributed by atoms with Crippen LogP contribution in [-0.2, 0) is 18.3 Å². The van der Waals surface area contributed by atoms with Crippen LogP contribution in [0.5, 0.6) is 0 Å². The van der Waals surface area contributed by atoms with E-state index in [1.54, 1.807) is 32.2 Å². The summed E-state index contributed by atoms with van der Waals surface area (Å²) in [6.45, 7) is 3.79. The molecule has 142 valence electrons. The SMILES string of the molecule is Cc1cccc(-c2nc(CC(=O)Nc3ccc4oc(=O)n(C)c4c3)c(C)o2)c1. The lowest BCUT2D eigenvalue weighted by Crippen LogP contribution is -2.15. The monoisotopic (exact) mass is 377 g/mol. The van der Waals surface area contributed by atoms with Crippen molar-refractivity contribution in [3.63, 3.8) is 0 Å². The number of nitrogens with zero attached hydrogens (tertiary/aromatic N) is 2. The van der Waals surface area contributed by atoms with Gasteiger partial charge in [0, 0.05) is 18.3 Å². The summed E-state index contributed by atoms with van der Waals surface area (Å²) >= 11 is 0. The molecule has 2 aromatic carbocycles. The van der Waals surface area contributed by atoms with Gasteiger partial charge in [-0.15, -0.1) is 0 Å². The van der Waals surface area contributed by atoms with Gasteiger partial charge in [-0.3, -0.25) is 9.36 Å². The maximum atomic E-state index is 12.5. The Morgan fingerprint density at radius 2 is 1.96 bits per heavy atom. The van der Waals surface area contributed by atoms with Crippen LogP contribution in [0.1, 0.15) is 17.0 Å². The van der Waals surface area contributed by atoms with E-state index >= 15 is 0 Å². The van der Waals surface area contributed by atoms with Gasteiger partial charge in [-0.2, -0.15) is 0 Å². The van der Waals surface area contributed by atoms with E-state index in [-0.39, 0.29) is 12.3 Å². The third-order valence-corrected chi connectivity index (χ3v) is 4.56. The topological polar surface area (TPSA) is 90.3 Å². The summed E-state index contributed by atoms with van der Waals surface area (Å²) < 4.78 is 12.2. The number of anilines is 1. The highest BCUT2D eigenvalue weighted by Crippen LogP contribution is 2.23. The molecule has 0 spiro atoms. The molecule has 7 nitrogen and oxygen atoms in total. The molecule has 0 aliphatic heterocycles. The molecule has 7 heteroatoms. The number of carbonyl (C=O) groups is 1. The first-order valence-corrected chi connectivity index (χ1v) is 8.83. The zero-order valence-electron chi connectivity index (χ0n) is 15.8. The Balaban J connectivity index is 1.52. The molecular formula is C21H19N3O4. The molecule has 2 heterocycles. The molecule has 0 saturated carbocycles. The maximum Gasteiger partial charge on any atom is 0.419 e. The highest BCUT2D eigenvalue weighted by atomic mass is 16.4. The van der Waals surface area contributed by atoms with Crippen LogP contribution in [0.3, 0.4) is 0 Å². The summed E-state index contributed by atoms with van der Waals surface area (Å²) in [7, 11) is 1.62. The van der Waals surface area contributed by atoms with Crippen LogP contribution < -0.4 is 11.1 Å². The number of hydrogen-bond donors (Lipinski definition) is 1. The minimum atomic E-state index is -0.444. The summed E-state index contributed by atoms with van der Waals surface area (Å²) in [6.07, 6.45) is 0.0868. The molecule has 0 unspecified atom stereocenters. The fourth-order valence-corrected chi connectivity index (χ4v) is 3.06. The fraction of sp³-hybridized carbons (Fsp3) is 0.190. The van der Waals surface area contributed by atoms with Gasteiger partial charge in [-0.25, -0.2) is 9.78 Å². The van der Waals surface area contributed by atoms with Crippen molar-refractivity contribution in [2.75, 3.05) is 5.32 Å². The van der Waals surface area contributed by atoms with Gasteiger partial charge in [0.25, 0.3) is 0 Å². The van der Waals surface area contributed by atoms with Crippen LogP contribution in [0.25, 0.3) is 22.6 Å². The van der Waals surface area contributed by atoms with Crippen molar-refractivity contribution in [2.45, 2.75) is 20.3 Å². The Bertz CT molecular complexity index is 1250. The summed E-state index contributed by atoms with van der Waals surface area (Å²) in [6, 6.07) is 12.9. The quantitative estimate of drug-likeness (QED) is 0.587. The smallest absolute Gasteiger partial charge is 0.419 e. The number of aryl methyl sites for hydroxylation is 3. The molecule has 0 aliphatic carbocycles. The molecule has 4 aromatic rings. The molecular weight excluding hydrogens is 358 g/mol. The van der Waals surface area contributed by atoms with Crippen molar-refractivity contribution >= 4 is 22.7 Å². The van der Waals surface area contributed by atoms with Gasteiger partial charge in [0.15, 0.2) is 5.58 Å². The highest BCUT2D eigenvalue weighted by molar-refractivity contribution is 5.94. The number of benzene rings is 2. The van der Waals surface area contributed by atoms with Gasteiger partial charge in [0.05, 0.1) is 17.6 Å². The zero-order chi connectivity index (χ0) is 19.8. The van der Waals surface area contributed by atoms with Gasteiger partial charge < -0.3 is 14.2 Å². The number of rotatable bonds is 4. The fourth-order valence-electron chi connectivity index (χ4n) is 3.06. The van der Waals surface area contributed by atoms with Crippen molar-refractivity contribution < 1.29 is 13.6 Å². The molecule has 0 radical (unpaired) electrons. The van der Waals surface area contributed by atoms with Crippen LogP contribution in [0.15, 0.2) is 56.1 Å². The predicted octanol–water partition coefficient (Wildman–Crippen LogP) is 3.58. The average Bonchev–Trinajstić information content (AvgIpc) is 3.15. The molecule has 4 rings (SSSR count). The number of carbonyl (C=O) groups excluding carboxylic acids is 1. The molecule has 0 atom stereocenters. The number of hydrogen-bond acceptors (Lipinski definition) is 5. The summed E-state index contributed by atoms with van der Waals surface area (Å²) in [5.41, 5.74) is 4.24. The lowest BCUT2D eigenvalue weighted by molar-refractivity contribution is -0.115. The summed E-state index contributed by atoms with van der Waals surface area (Å²) in [5, 5.41) is 2.83. The second-order valence-electron chi connectivity index (χ2n) is 6.73. The normalized spacial score (nSPS) is 11.1. The first-order chi connectivity index (χ1) is 13.4. The average molecular weight is 377 g/mol. The predicted molar refractivity (Wildman–Crippen MR) is 105 cm³/mol. The van der Waals surface area contributed by atoms with Gasteiger partial charge in [0.2, 0.25) is 11.8 Å². The van der Waals surface area contributed by atoms with E-state index in [9.17, 15) is 9.59 Å². The van der Waals surface area contributed by atoms with E-state index in [4.69, 9.17) is 8.83 Å². The largest absolute Gasteiger partial charge is 0.441 e. The van der Waals surface area contributed by atoms with Gasteiger partial charge in [-0.05, 0) is 44.2 Å². The van der Waals surface area contributed by atoms with E-state index in [1.165, 1.54) is 4.57 Å². The molecule has 1 N–H and O–H groups in total. The molecule has 28 heavy (non-hydrogen) atoms. The number of fused-ring (bicyclic) bond motifs is 1. The van der Waals surface area contributed by atoms with Crippen LogP contribution in [0, 0.1) is 13.8 Å². The number of nitrogens with one attached hydrogen (secondary N) is 1. The second kappa shape index (κ2) is 6.84. The van der Waals surface area contributed by atoms with Crippen LogP contribution in [0.2, 0.25) is 0 Å². The number of oxazole rings is 2. The molecule has 0 bridgehead atoms. The van der Waals surface area contributed by atoms with Crippen LogP contribution in [0.4, 0.5) is 5.69 Å². The van der Waals surface area contributed by atoms with Crippen molar-refractivity contribution in [1.82, 2.24) is 9.55 Å². The van der Waals surface area contributed by atoms with Gasteiger partial charge in [0.1, 0.15) is 5.76 Å². The molecule has 2 aromatic heterocycles. The lowest BCUT2D eigenvalue weighted by atomic mass is 10.1. The Morgan fingerprint density at radius 3 is 2.75 bits per heavy atom. The van der Waals surface area contributed by atoms with E-state index in [1.807, 2.05) is 31.2 Å². The molecule has 0 saturated heterocycles. The molecule has 0 fully saturated rings. The Hall–Kier alpha value is -3.61. The Kier molecular flexibility index (Phi) is 4.35. The lowest BCUT2D eigenvalue weighted by Gasteiger charge is -2.04. The molecule has 0 aliphatic rings. The first kappa shape index (κ1) is 17.8. The molecule has 1 amide bonds. The van der Waals surface area contributed by atoms with Gasteiger partial charge in [-0.1, -0.05) is 17.7 Å².